The number of aromatic nitrogens is 1. The average molecular weight is 331 g/mol. The van der Waals surface area contributed by atoms with Gasteiger partial charge in [0.25, 0.3) is 5.91 Å². The molecule has 4 nitrogen and oxygen atoms in total. The molecule has 0 aliphatic carbocycles. The summed E-state index contributed by atoms with van der Waals surface area (Å²) < 4.78 is 0. The standard InChI is InChI=1S/C21H21N3O/c1-15-8-10-18(11-9-15)24-19-12-13-22-20(14-19)21(25)23-16(2)17-6-4-3-5-7-17/h3-14,16H,1-2H3,(H,22,24)(H,23,25). The Kier molecular flexibility index (Phi) is 5.09. The smallest absolute Gasteiger partial charge is 0.270 e. The zero-order valence-electron chi connectivity index (χ0n) is 14.4. The quantitative estimate of drug-likeness (QED) is 0.717. The SMILES string of the molecule is Cc1ccc(Nc2ccnc(C(=O)NC(C)c3ccccc3)c2)cc1. The molecule has 1 atom stereocenters. The molecule has 2 N–H and O–H groups in total. The molecule has 1 unspecified atom stereocenters. The Balaban J connectivity index is 1.70. The molecule has 0 aliphatic rings. The predicted octanol–water partition coefficient (Wildman–Crippen LogP) is 4.62. The number of anilines is 2. The Hall–Kier alpha value is -3.14. The first-order valence-electron chi connectivity index (χ1n) is 8.27. The molecular weight excluding hydrogens is 310 g/mol. The van der Waals surface area contributed by atoms with E-state index in [1.807, 2.05) is 74.5 Å². The molecule has 1 aromatic heterocycles. The van der Waals surface area contributed by atoms with Crippen LogP contribution < -0.4 is 10.6 Å². The van der Waals surface area contributed by atoms with E-state index in [1.54, 1.807) is 12.3 Å². The molecule has 0 fully saturated rings. The molecule has 0 saturated carbocycles. The number of hydrogen-bond acceptors (Lipinski definition) is 3. The number of hydrogen-bond donors (Lipinski definition) is 2. The van der Waals surface area contributed by atoms with Gasteiger partial charge in [-0.15, -0.1) is 0 Å². The van der Waals surface area contributed by atoms with E-state index in [-0.39, 0.29) is 11.9 Å². The highest BCUT2D eigenvalue weighted by Gasteiger charge is 2.12. The first-order valence-corrected chi connectivity index (χ1v) is 8.27. The monoisotopic (exact) mass is 331 g/mol. The minimum atomic E-state index is -0.191. The van der Waals surface area contributed by atoms with Gasteiger partial charge in [0.05, 0.1) is 6.04 Å². The lowest BCUT2D eigenvalue weighted by molar-refractivity contribution is 0.0935. The maximum atomic E-state index is 12.5. The molecule has 0 saturated heterocycles. The summed E-state index contributed by atoms with van der Waals surface area (Å²) in [6.07, 6.45) is 1.64. The summed E-state index contributed by atoms with van der Waals surface area (Å²) in [6.45, 7) is 4.01. The van der Waals surface area contributed by atoms with E-state index in [4.69, 9.17) is 0 Å². The summed E-state index contributed by atoms with van der Waals surface area (Å²) >= 11 is 0. The van der Waals surface area contributed by atoms with Crippen LogP contribution in [0.15, 0.2) is 72.9 Å². The van der Waals surface area contributed by atoms with Gasteiger partial charge >= 0.3 is 0 Å². The minimum Gasteiger partial charge on any atom is -0.355 e. The molecule has 3 rings (SSSR count). The summed E-state index contributed by atoms with van der Waals surface area (Å²) in [5.74, 6) is -0.191. The van der Waals surface area contributed by atoms with Crippen molar-refractivity contribution in [3.63, 3.8) is 0 Å². The first kappa shape index (κ1) is 16.7. The highest BCUT2D eigenvalue weighted by atomic mass is 16.1. The summed E-state index contributed by atoms with van der Waals surface area (Å²) in [5.41, 5.74) is 4.46. The molecule has 0 aliphatic heterocycles. The third-order valence-corrected chi connectivity index (χ3v) is 3.98. The Labute approximate surface area is 147 Å². The summed E-state index contributed by atoms with van der Waals surface area (Å²) in [4.78, 5) is 16.7. The van der Waals surface area contributed by atoms with Crippen LogP contribution in [0.3, 0.4) is 0 Å². The van der Waals surface area contributed by atoms with E-state index >= 15 is 0 Å². The largest absolute Gasteiger partial charge is 0.355 e. The maximum Gasteiger partial charge on any atom is 0.270 e. The van der Waals surface area contributed by atoms with Crippen LogP contribution in [0.25, 0.3) is 0 Å². The highest BCUT2D eigenvalue weighted by Crippen LogP contribution is 2.18. The first-order chi connectivity index (χ1) is 12.1. The van der Waals surface area contributed by atoms with Crippen molar-refractivity contribution in [1.82, 2.24) is 10.3 Å². The molecule has 0 bridgehead atoms. The molecule has 3 aromatic rings. The normalized spacial score (nSPS) is 11.6. The molecular formula is C21H21N3O. The van der Waals surface area contributed by atoms with Gasteiger partial charge in [0, 0.05) is 17.6 Å². The summed E-state index contributed by atoms with van der Waals surface area (Å²) in [5, 5.41) is 6.27. The van der Waals surface area contributed by atoms with Crippen LogP contribution in [0.5, 0.6) is 0 Å². The van der Waals surface area contributed by atoms with Gasteiger partial charge < -0.3 is 10.6 Å². The number of benzene rings is 2. The van der Waals surface area contributed by atoms with Crippen molar-refractivity contribution in [3.05, 3.63) is 89.7 Å². The third-order valence-electron chi connectivity index (χ3n) is 3.98. The van der Waals surface area contributed by atoms with Crippen LogP contribution in [0.1, 0.15) is 34.6 Å². The second-order valence-corrected chi connectivity index (χ2v) is 6.03. The van der Waals surface area contributed by atoms with E-state index in [2.05, 4.69) is 15.6 Å². The maximum absolute atomic E-state index is 12.5. The van der Waals surface area contributed by atoms with Crippen molar-refractivity contribution in [2.75, 3.05) is 5.32 Å². The Morgan fingerprint density at radius 2 is 1.68 bits per heavy atom. The fourth-order valence-corrected chi connectivity index (χ4v) is 2.53. The second kappa shape index (κ2) is 7.62. The van der Waals surface area contributed by atoms with Crippen LogP contribution in [-0.4, -0.2) is 10.9 Å². The fraction of sp³-hybridized carbons (Fsp3) is 0.143. The number of nitrogens with one attached hydrogen (secondary N) is 2. The molecule has 2 aromatic carbocycles. The molecule has 126 valence electrons. The van der Waals surface area contributed by atoms with Crippen molar-refractivity contribution in [3.8, 4) is 0 Å². The molecule has 25 heavy (non-hydrogen) atoms. The minimum absolute atomic E-state index is 0.0794. The van der Waals surface area contributed by atoms with E-state index < -0.39 is 0 Å². The lowest BCUT2D eigenvalue weighted by Crippen LogP contribution is -2.27. The molecule has 0 spiro atoms. The number of aryl methyl sites for hydroxylation is 1. The zero-order chi connectivity index (χ0) is 17.6. The number of rotatable bonds is 5. The van der Waals surface area contributed by atoms with Crippen molar-refractivity contribution in [2.45, 2.75) is 19.9 Å². The number of nitrogens with zero attached hydrogens (tertiary/aromatic N) is 1. The van der Waals surface area contributed by atoms with Gasteiger partial charge in [-0.05, 0) is 43.7 Å². The van der Waals surface area contributed by atoms with E-state index in [9.17, 15) is 4.79 Å². The number of amides is 1. The van der Waals surface area contributed by atoms with Gasteiger partial charge in [-0.2, -0.15) is 0 Å². The summed E-state index contributed by atoms with van der Waals surface area (Å²) in [7, 11) is 0. The number of pyridine rings is 1. The molecule has 1 heterocycles. The highest BCUT2D eigenvalue weighted by molar-refractivity contribution is 5.93. The van der Waals surface area contributed by atoms with Crippen LogP contribution in [0.2, 0.25) is 0 Å². The molecule has 1 amide bonds. The van der Waals surface area contributed by atoms with Crippen LogP contribution in [-0.2, 0) is 0 Å². The van der Waals surface area contributed by atoms with Gasteiger partial charge in [0.15, 0.2) is 0 Å². The molecule has 4 heteroatoms. The number of carbonyl (C=O) groups excluding carboxylic acids is 1. The Morgan fingerprint density at radius 3 is 2.40 bits per heavy atom. The van der Waals surface area contributed by atoms with Crippen molar-refractivity contribution >= 4 is 17.3 Å². The van der Waals surface area contributed by atoms with Gasteiger partial charge in [0.2, 0.25) is 0 Å². The van der Waals surface area contributed by atoms with Crippen molar-refractivity contribution < 1.29 is 4.79 Å². The lowest BCUT2D eigenvalue weighted by Gasteiger charge is -2.14. The van der Waals surface area contributed by atoms with Gasteiger partial charge in [0.1, 0.15) is 5.69 Å². The van der Waals surface area contributed by atoms with Crippen LogP contribution in [0, 0.1) is 6.92 Å². The average Bonchev–Trinajstić information content (AvgIpc) is 2.64. The third kappa shape index (κ3) is 4.44. The lowest BCUT2D eigenvalue weighted by atomic mass is 10.1. The second-order valence-electron chi connectivity index (χ2n) is 6.03. The Morgan fingerprint density at radius 1 is 0.960 bits per heavy atom. The van der Waals surface area contributed by atoms with Gasteiger partial charge in [-0.25, -0.2) is 0 Å². The Bertz CT molecular complexity index is 845. The van der Waals surface area contributed by atoms with Gasteiger partial charge in [-0.3, -0.25) is 9.78 Å². The van der Waals surface area contributed by atoms with E-state index in [0.29, 0.717) is 5.69 Å². The van der Waals surface area contributed by atoms with E-state index in [1.165, 1.54) is 5.56 Å². The van der Waals surface area contributed by atoms with Crippen LogP contribution >= 0.6 is 0 Å². The fourth-order valence-electron chi connectivity index (χ4n) is 2.53. The van der Waals surface area contributed by atoms with Crippen molar-refractivity contribution in [1.29, 1.82) is 0 Å². The molecule has 0 radical (unpaired) electrons. The zero-order valence-corrected chi connectivity index (χ0v) is 14.4. The topological polar surface area (TPSA) is 54.0 Å². The van der Waals surface area contributed by atoms with Crippen molar-refractivity contribution in [2.24, 2.45) is 0 Å². The van der Waals surface area contributed by atoms with Crippen LogP contribution in [0.4, 0.5) is 11.4 Å². The summed E-state index contributed by atoms with van der Waals surface area (Å²) in [6, 6.07) is 21.5. The number of carbonyl (C=O) groups is 1. The predicted molar refractivity (Wildman–Crippen MR) is 101 cm³/mol. The van der Waals surface area contributed by atoms with E-state index in [0.717, 1.165) is 16.9 Å². The van der Waals surface area contributed by atoms with Gasteiger partial charge in [-0.1, -0.05) is 48.0 Å².